The average molecular weight is 486 g/mol. The highest BCUT2D eigenvalue weighted by Crippen LogP contribution is 2.34. The number of H-pyrrole nitrogens is 1. The molecule has 1 N–H and O–H groups in total. The fraction of sp³-hybridized carbons (Fsp3) is 0.333. The number of hydrogen-bond acceptors (Lipinski definition) is 7. The van der Waals surface area contributed by atoms with E-state index in [0.717, 1.165) is 72.8 Å². The Hall–Kier alpha value is -3.82. The number of amides is 1. The van der Waals surface area contributed by atoms with Crippen molar-refractivity contribution in [2.45, 2.75) is 0 Å². The zero-order valence-corrected chi connectivity index (χ0v) is 20.9. The molecule has 0 atom stereocenters. The van der Waals surface area contributed by atoms with E-state index in [4.69, 9.17) is 4.74 Å². The number of carbonyl (C=O) groups is 1. The van der Waals surface area contributed by atoms with Gasteiger partial charge in [0, 0.05) is 79.9 Å². The molecule has 0 saturated carbocycles. The summed E-state index contributed by atoms with van der Waals surface area (Å²) in [5.41, 5.74) is 4.64. The van der Waals surface area contributed by atoms with Crippen LogP contribution in [0.15, 0.2) is 55.0 Å². The maximum atomic E-state index is 13.3. The molecule has 1 amide bonds. The molecule has 4 heterocycles. The Morgan fingerprint density at radius 3 is 2.61 bits per heavy atom. The summed E-state index contributed by atoms with van der Waals surface area (Å²) in [6, 6.07) is 11.7. The topological polar surface area (TPSA) is 90.5 Å². The van der Waals surface area contributed by atoms with Crippen molar-refractivity contribution in [2.24, 2.45) is 0 Å². The van der Waals surface area contributed by atoms with Crippen molar-refractivity contribution in [1.29, 1.82) is 0 Å². The van der Waals surface area contributed by atoms with Crippen LogP contribution < -0.4 is 4.74 Å². The minimum absolute atomic E-state index is 0.0173. The summed E-state index contributed by atoms with van der Waals surface area (Å²) in [6.45, 7) is 5.27. The van der Waals surface area contributed by atoms with Crippen LogP contribution in [-0.4, -0.2) is 101 Å². The van der Waals surface area contributed by atoms with Crippen molar-refractivity contribution in [1.82, 2.24) is 34.9 Å². The Balaban J connectivity index is 1.37. The second kappa shape index (κ2) is 10.4. The first kappa shape index (κ1) is 23.9. The van der Waals surface area contributed by atoms with Crippen LogP contribution in [-0.2, 0) is 0 Å². The average Bonchev–Trinajstić information content (AvgIpc) is 3.35. The molecule has 9 heteroatoms. The number of likely N-dealkylation sites (N-methyl/N-ethyl adjacent to an activating group) is 1. The summed E-state index contributed by atoms with van der Waals surface area (Å²) < 4.78 is 5.53. The molecule has 0 spiro atoms. The van der Waals surface area contributed by atoms with Gasteiger partial charge in [0.05, 0.1) is 12.7 Å². The van der Waals surface area contributed by atoms with E-state index >= 15 is 0 Å². The van der Waals surface area contributed by atoms with Crippen molar-refractivity contribution in [2.75, 3.05) is 60.5 Å². The minimum Gasteiger partial charge on any atom is -0.496 e. The van der Waals surface area contributed by atoms with E-state index in [2.05, 4.69) is 44.1 Å². The van der Waals surface area contributed by atoms with E-state index in [1.165, 1.54) is 0 Å². The lowest BCUT2D eigenvalue weighted by Gasteiger charge is -2.35. The summed E-state index contributed by atoms with van der Waals surface area (Å²) in [4.78, 5) is 28.7. The van der Waals surface area contributed by atoms with Gasteiger partial charge in [0.15, 0.2) is 5.65 Å². The summed E-state index contributed by atoms with van der Waals surface area (Å²) in [5.74, 6) is 0.760. The van der Waals surface area contributed by atoms with E-state index in [1.807, 2.05) is 41.3 Å². The van der Waals surface area contributed by atoms with Crippen LogP contribution in [0.3, 0.4) is 0 Å². The van der Waals surface area contributed by atoms with Gasteiger partial charge in [-0.25, -0.2) is 4.98 Å². The molecule has 1 fully saturated rings. The number of benzene rings is 1. The Morgan fingerprint density at radius 2 is 1.83 bits per heavy atom. The summed E-state index contributed by atoms with van der Waals surface area (Å²) in [6.07, 6.45) is 5.19. The predicted molar refractivity (Wildman–Crippen MR) is 140 cm³/mol. The van der Waals surface area contributed by atoms with E-state index < -0.39 is 0 Å². The van der Waals surface area contributed by atoms with E-state index in [9.17, 15) is 4.79 Å². The molecule has 36 heavy (non-hydrogen) atoms. The Morgan fingerprint density at radius 1 is 1.06 bits per heavy atom. The summed E-state index contributed by atoms with van der Waals surface area (Å²) in [5, 5.41) is 8.38. The highest BCUT2D eigenvalue weighted by Gasteiger charge is 2.23. The number of pyridine rings is 2. The fourth-order valence-electron chi connectivity index (χ4n) is 4.52. The number of aromatic nitrogens is 4. The largest absolute Gasteiger partial charge is 0.496 e. The van der Waals surface area contributed by atoms with E-state index in [-0.39, 0.29) is 5.91 Å². The molecular formula is C27H31N7O2. The number of nitrogens with zero attached hydrogens (tertiary/aromatic N) is 6. The summed E-state index contributed by atoms with van der Waals surface area (Å²) >= 11 is 0. The Bertz CT molecular complexity index is 1360. The molecule has 1 aliphatic rings. The molecule has 186 valence electrons. The first-order chi connectivity index (χ1) is 17.5. The van der Waals surface area contributed by atoms with Gasteiger partial charge in [0.25, 0.3) is 5.91 Å². The van der Waals surface area contributed by atoms with Crippen molar-refractivity contribution in [3.05, 3.63) is 60.6 Å². The first-order valence-corrected chi connectivity index (χ1v) is 12.1. The van der Waals surface area contributed by atoms with Crippen molar-refractivity contribution < 1.29 is 9.53 Å². The Kier molecular flexibility index (Phi) is 6.92. The van der Waals surface area contributed by atoms with Crippen LogP contribution in [0.4, 0.5) is 0 Å². The van der Waals surface area contributed by atoms with Gasteiger partial charge < -0.3 is 14.5 Å². The third kappa shape index (κ3) is 4.93. The van der Waals surface area contributed by atoms with E-state index in [1.54, 1.807) is 25.7 Å². The SMILES string of the molecule is COc1ccccc1-c1n[nH]c2ncc(-c3cncc(C(=O)N4CCN(CCN(C)C)CC4)c3)cc12. The molecule has 0 aliphatic carbocycles. The molecule has 5 rings (SSSR count). The number of methoxy groups -OCH3 is 1. The zero-order chi connectivity index (χ0) is 25.1. The molecule has 1 saturated heterocycles. The minimum atomic E-state index is 0.0173. The van der Waals surface area contributed by atoms with Gasteiger partial charge in [-0.15, -0.1) is 0 Å². The fourth-order valence-corrected chi connectivity index (χ4v) is 4.52. The number of piperazine rings is 1. The van der Waals surface area contributed by atoms with Gasteiger partial charge in [-0.05, 0) is 38.4 Å². The van der Waals surface area contributed by atoms with Gasteiger partial charge >= 0.3 is 0 Å². The van der Waals surface area contributed by atoms with Crippen LogP contribution in [0.25, 0.3) is 33.4 Å². The van der Waals surface area contributed by atoms with Gasteiger partial charge in [0.1, 0.15) is 11.4 Å². The standard InChI is InChI=1S/C27H31N7O2/c1-32(2)8-9-33-10-12-34(13-11-33)27(35)21-14-19(16-28-17-21)20-15-23-25(30-31-26(23)29-18-20)22-6-4-5-7-24(22)36-3/h4-7,14-18H,8-13H2,1-3H3,(H,29,30,31). The third-order valence-electron chi connectivity index (χ3n) is 6.62. The second-order valence-electron chi connectivity index (χ2n) is 9.29. The molecule has 4 aromatic rings. The van der Waals surface area contributed by atoms with Gasteiger partial charge in [-0.2, -0.15) is 5.10 Å². The van der Waals surface area contributed by atoms with Crippen LogP contribution in [0, 0.1) is 0 Å². The highest BCUT2D eigenvalue weighted by molar-refractivity contribution is 5.97. The number of fused-ring (bicyclic) bond motifs is 1. The Labute approximate surface area is 210 Å². The molecule has 1 aliphatic heterocycles. The van der Waals surface area contributed by atoms with Crippen molar-refractivity contribution in [3.63, 3.8) is 0 Å². The smallest absolute Gasteiger partial charge is 0.255 e. The first-order valence-electron chi connectivity index (χ1n) is 12.1. The second-order valence-corrected chi connectivity index (χ2v) is 9.29. The number of ether oxygens (including phenoxy) is 1. The maximum Gasteiger partial charge on any atom is 0.255 e. The number of aromatic amines is 1. The molecule has 0 unspecified atom stereocenters. The third-order valence-corrected chi connectivity index (χ3v) is 6.62. The number of rotatable bonds is 7. The highest BCUT2D eigenvalue weighted by atomic mass is 16.5. The zero-order valence-electron chi connectivity index (χ0n) is 20.9. The molecule has 9 nitrogen and oxygen atoms in total. The van der Waals surface area contributed by atoms with E-state index in [0.29, 0.717) is 11.2 Å². The lowest BCUT2D eigenvalue weighted by atomic mass is 10.0. The molecule has 3 aromatic heterocycles. The maximum absolute atomic E-state index is 13.3. The molecular weight excluding hydrogens is 454 g/mol. The number of hydrogen-bond donors (Lipinski definition) is 1. The van der Waals surface area contributed by atoms with Crippen LogP contribution in [0.2, 0.25) is 0 Å². The number of para-hydroxylation sites is 1. The van der Waals surface area contributed by atoms with Crippen LogP contribution in [0.5, 0.6) is 5.75 Å². The van der Waals surface area contributed by atoms with Gasteiger partial charge in [-0.3, -0.25) is 19.8 Å². The van der Waals surface area contributed by atoms with Crippen LogP contribution in [0.1, 0.15) is 10.4 Å². The van der Waals surface area contributed by atoms with Gasteiger partial charge in [0.2, 0.25) is 0 Å². The predicted octanol–water partition coefficient (Wildman–Crippen LogP) is 3.01. The lowest BCUT2D eigenvalue weighted by molar-refractivity contribution is 0.0629. The number of nitrogens with one attached hydrogen (secondary N) is 1. The van der Waals surface area contributed by atoms with Crippen molar-refractivity contribution >= 4 is 16.9 Å². The van der Waals surface area contributed by atoms with Gasteiger partial charge in [-0.1, -0.05) is 12.1 Å². The monoisotopic (exact) mass is 485 g/mol. The quantitative estimate of drug-likeness (QED) is 0.430. The molecule has 0 radical (unpaired) electrons. The normalized spacial score (nSPS) is 14.5. The number of carbonyl (C=O) groups excluding carboxylic acids is 1. The van der Waals surface area contributed by atoms with Crippen molar-refractivity contribution in [3.8, 4) is 28.1 Å². The molecule has 1 aromatic carbocycles. The van der Waals surface area contributed by atoms with Crippen LogP contribution >= 0.6 is 0 Å². The lowest BCUT2D eigenvalue weighted by Crippen LogP contribution is -2.50. The summed E-state index contributed by atoms with van der Waals surface area (Å²) in [7, 11) is 5.81. The molecule has 0 bridgehead atoms.